The van der Waals surface area contributed by atoms with Gasteiger partial charge in [0, 0.05) is 38.5 Å². The summed E-state index contributed by atoms with van der Waals surface area (Å²) in [7, 11) is 0. The zero-order chi connectivity index (χ0) is 40.0. The first-order valence-electron chi connectivity index (χ1n) is 20.3. The van der Waals surface area contributed by atoms with Crippen molar-refractivity contribution in [3.8, 4) is 51.3 Å². The highest BCUT2D eigenvalue weighted by Gasteiger charge is 2.24. The smallest absolute Gasteiger partial charge is 0.227 e. The number of hydrogen-bond donors (Lipinski definition) is 0. The zero-order valence-electron chi connectivity index (χ0n) is 32.5. The molecule has 0 aliphatic heterocycles. The molecule has 13 rings (SSSR count). The SMILES string of the molecule is c1ccc(-c2nc3c(ccc4oc5c(-c6nc(-c7cccc(-n8c9ccccc9c9ccccc98)c7)nc(-c7ccc8ccccc8c7)n6)cc6ccccc6c5c43)o2)cc1. The summed E-state index contributed by atoms with van der Waals surface area (Å²) in [4.78, 5) is 20.9. The Morgan fingerprint density at radius 2 is 1.00 bits per heavy atom. The second-order valence-electron chi connectivity index (χ2n) is 15.4. The van der Waals surface area contributed by atoms with Crippen molar-refractivity contribution < 1.29 is 8.83 Å². The summed E-state index contributed by atoms with van der Waals surface area (Å²) in [6.07, 6.45) is 0. The number of hydrogen-bond acceptors (Lipinski definition) is 6. The van der Waals surface area contributed by atoms with E-state index in [4.69, 9.17) is 28.8 Å². The molecule has 4 aromatic heterocycles. The van der Waals surface area contributed by atoms with Gasteiger partial charge in [0.15, 0.2) is 23.1 Å². The van der Waals surface area contributed by atoms with Gasteiger partial charge in [-0.2, -0.15) is 0 Å². The van der Waals surface area contributed by atoms with Crippen LogP contribution in [0.25, 0.3) is 128 Å². The molecule has 0 N–H and O–H groups in total. The normalized spacial score (nSPS) is 11.9. The molecular weight excluding hydrogens is 751 g/mol. The molecule has 0 aliphatic rings. The van der Waals surface area contributed by atoms with Crippen molar-refractivity contribution in [2.75, 3.05) is 0 Å². The average molecular weight is 782 g/mol. The lowest BCUT2D eigenvalue weighted by atomic mass is 9.99. The molecule has 0 spiro atoms. The molecule has 4 heterocycles. The average Bonchev–Trinajstić information content (AvgIpc) is 4.04. The molecule has 0 saturated carbocycles. The topological polar surface area (TPSA) is 82.8 Å². The molecule has 0 aliphatic carbocycles. The molecule has 0 atom stereocenters. The molecule has 13 aromatic rings. The number of benzene rings is 9. The fraction of sp³-hybridized carbons (Fsp3) is 0. The summed E-state index contributed by atoms with van der Waals surface area (Å²) in [5.41, 5.74) is 9.51. The van der Waals surface area contributed by atoms with Gasteiger partial charge in [-0.1, -0.05) is 127 Å². The minimum Gasteiger partial charge on any atom is -0.455 e. The molecular formula is C54H31N5O2. The van der Waals surface area contributed by atoms with Gasteiger partial charge < -0.3 is 13.4 Å². The van der Waals surface area contributed by atoms with Gasteiger partial charge in [-0.05, 0) is 82.2 Å². The van der Waals surface area contributed by atoms with E-state index in [1.807, 2.05) is 42.5 Å². The van der Waals surface area contributed by atoms with Gasteiger partial charge in [0.05, 0.1) is 22.0 Å². The van der Waals surface area contributed by atoms with Crippen molar-refractivity contribution in [1.29, 1.82) is 0 Å². The Balaban J connectivity index is 1.07. The Kier molecular flexibility index (Phi) is 7.17. The third-order valence-corrected chi connectivity index (χ3v) is 11.8. The van der Waals surface area contributed by atoms with Crippen LogP contribution in [0.15, 0.2) is 197 Å². The molecule has 0 bridgehead atoms. The maximum Gasteiger partial charge on any atom is 0.227 e. The number of furan rings is 1. The van der Waals surface area contributed by atoms with E-state index < -0.39 is 0 Å². The maximum atomic E-state index is 6.88. The Morgan fingerprint density at radius 1 is 0.377 bits per heavy atom. The third-order valence-electron chi connectivity index (χ3n) is 11.8. The van der Waals surface area contributed by atoms with Crippen LogP contribution < -0.4 is 0 Å². The van der Waals surface area contributed by atoms with Crippen LogP contribution in [-0.4, -0.2) is 24.5 Å². The first kappa shape index (κ1) is 33.5. The minimum atomic E-state index is 0.506. The highest BCUT2D eigenvalue weighted by Crippen LogP contribution is 2.44. The third kappa shape index (κ3) is 5.24. The van der Waals surface area contributed by atoms with Crippen LogP contribution in [0.2, 0.25) is 0 Å². The second kappa shape index (κ2) is 13.0. The van der Waals surface area contributed by atoms with E-state index in [0.29, 0.717) is 40.1 Å². The van der Waals surface area contributed by atoms with Crippen LogP contribution in [0.1, 0.15) is 0 Å². The van der Waals surface area contributed by atoms with E-state index in [9.17, 15) is 0 Å². The minimum absolute atomic E-state index is 0.506. The van der Waals surface area contributed by atoms with Crippen LogP contribution in [0.5, 0.6) is 0 Å². The number of para-hydroxylation sites is 2. The predicted octanol–water partition coefficient (Wildman–Crippen LogP) is 14.0. The fourth-order valence-corrected chi connectivity index (χ4v) is 9.03. The van der Waals surface area contributed by atoms with Crippen molar-refractivity contribution in [2.45, 2.75) is 0 Å². The lowest BCUT2D eigenvalue weighted by Crippen LogP contribution is -2.01. The number of fused-ring (bicyclic) bond motifs is 11. The first-order chi connectivity index (χ1) is 30.2. The predicted molar refractivity (Wildman–Crippen MR) is 246 cm³/mol. The summed E-state index contributed by atoms with van der Waals surface area (Å²) in [5, 5.41) is 8.55. The van der Waals surface area contributed by atoms with Gasteiger partial charge in [0.25, 0.3) is 0 Å². The molecule has 9 aromatic carbocycles. The highest BCUT2D eigenvalue weighted by molar-refractivity contribution is 6.27. The van der Waals surface area contributed by atoms with Crippen molar-refractivity contribution >= 4 is 76.4 Å². The van der Waals surface area contributed by atoms with Gasteiger partial charge in [-0.15, -0.1) is 0 Å². The Hall–Kier alpha value is -8.42. The summed E-state index contributed by atoms with van der Waals surface area (Å²) >= 11 is 0. The first-order valence-corrected chi connectivity index (χ1v) is 20.3. The fourth-order valence-electron chi connectivity index (χ4n) is 9.03. The van der Waals surface area contributed by atoms with Gasteiger partial charge in [0.1, 0.15) is 16.7 Å². The molecule has 0 fully saturated rings. The monoisotopic (exact) mass is 781 g/mol. The van der Waals surface area contributed by atoms with E-state index in [1.54, 1.807) is 0 Å². The van der Waals surface area contributed by atoms with E-state index in [0.717, 1.165) is 76.8 Å². The van der Waals surface area contributed by atoms with E-state index >= 15 is 0 Å². The van der Waals surface area contributed by atoms with Crippen LogP contribution in [0.4, 0.5) is 0 Å². The standard InChI is InChI=1S/C54H31N5O2/c1-2-14-33(15-3-1)54-55-49-46(61-54)28-27-45-48(49)47-39-20-7-6-17-35(39)31-42(50(47)60-45)53-57-51(56-52(58-53)37-26-25-32-13-4-5-16-34(32)29-37)36-18-12-19-38(30-36)59-43-23-10-8-21-40(43)41-22-9-11-24-44(41)59/h1-31H. The Labute approximate surface area is 347 Å². The lowest BCUT2D eigenvalue weighted by Gasteiger charge is -2.12. The molecule has 61 heavy (non-hydrogen) atoms. The summed E-state index contributed by atoms with van der Waals surface area (Å²) in [6.45, 7) is 0. The van der Waals surface area contributed by atoms with Crippen LogP contribution in [-0.2, 0) is 0 Å². The summed E-state index contributed by atoms with van der Waals surface area (Å²) in [5.74, 6) is 2.19. The van der Waals surface area contributed by atoms with Crippen molar-refractivity contribution in [2.24, 2.45) is 0 Å². The lowest BCUT2D eigenvalue weighted by molar-refractivity contribution is 0.619. The molecule has 0 unspecified atom stereocenters. The summed E-state index contributed by atoms with van der Waals surface area (Å²) < 4.78 is 15.6. The number of oxazole rings is 1. The number of nitrogens with zero attached hydrogens (tertiary/aromatic N) is 5. The Bertz CT molecular complexity index is 3850. The molecule has 0 amide bonds. The van der Waals surface area contributed by atoms with Crippen LogP contribution >= 0.6 is 0 Å². The van der Waals surface area contributed by atoms with Crippen molar-refractivity contribution in [1.82, 2.24) is 24.5 Å². The second-order valence-corrected chi connectivity index (χ2v) is 15.4. The Morgan fingerprint density at radius 3 is 1.79 bits per heavy atom. The van der Waals surface area contributed by atoms with Crippen LogP contribution in [0, 0.1) is 0 Å². The van der Waals surface area contributed by atoms with E-state index in [1.165, 1.54) is 10.8 Å². The molecule has 284 valence electrons. The molecule has 7 heteroatoms. The van der Waals surface area contributed by atoms with E-state index in [-0.39, 0.29) is 0 Å². The van der Waals surface area contributed by atoms with Gasteiger partial charge >= 0.3 is 0 Å². The van der Waals surface area contributed by atoms with Crippen molar-refractivity contribution in [3.05, 3.63) is 188 Å². The van der Waals surface area contributed by atoms with Crippen LogP contribution in [0.3, 0.4) is 0 Å². The van der Waals surface area contributed by atoms with Gasteiger partial charge in [0.2, 0.25) is 5.89 Å². The van der Waals surface area contributed by atoms with E-state index in [2.05, 4.69) is 150 Å². The zero-order valence-corrected chi connectivity index (χ0v) is 32.5. The number of aromatic nitrogens is 5. The maximum absolute atomic E-state index is 6.88. The molecule has 7 nitrogen and oxygen atoms in total. The number of rotatable bonds is 5. The molecule has 0 saturated heterocycles. The quantitative estimate of drug-likeness (QED) is 0.173. The highest BCUT2D eigenvalue weighted by atomic mass is 16.4. The summed E-state index contributed by atoms with van der Waals surface area (Å²) in [6, 6.07) is 64.6. The van der Waals surface area contributed by atoms with Gasteiger partial charge in [-0.3, -0.25) is 0 Å². The van der Waals surface area contributed by atoms with Gasteiger partial charge in [-0.25, -0.2) is 19.9 Å². The van der Waals surface area contributed by atoms with Crippen molar-refractivity contribution in [3.63, 3.8) is 0 Å². The largest absolute Gasteiger partial charge is 0.455 e. The molecule has 0 radical (unpaired) electrons.